The first kappa shape index (κ1) is 15.6. The fourth-order valence-corrected chi connectivity index (χ4v) is 2.24. The molecule has 0 spiro atoms. The number of rotatable bonds is 5. The summed E-state index contributed by atoms with van der Waals surface area (Å²) in [6.07, 6.45) is 3.49. The molecule has 0 bridgehead atoms. The van der Waals surface area contributed by atoms with Crippen LogP contribution in [0.15, 0.2) is 24.3 Å². The average Bonchev–Trinajstić information content (AvgIpc) is 2.46. The minimum atomic E-state index is -0.227. The summed E-state index contributed by atoms with van der Waals surface area (Å²) in [5.74, 6) is 0.672. The highest BCUT2D eigenvalue weighted by molar-refractivity contribution is 5.91. The summed E-state index contributed by atoms with van der Waals surface area (Å²) in [7, 11) is 0. The SMILES string of the molecule is CC(C)NC(=O)Nc1ccccc1OCC1CCCCO1. The minimum Gasteiger partial charge on any atom is -0.489 e. The predicted molar refractivity (Wildman–Crippen MR) is 82.8 cm³/mol. The van der Waals surface area contributed by atoms with E-state index in [0.717, 1.165) is 19.4 Å². The standard InChI is InChI=1S/C16H24N2O3/c1-12(2)17-16(19)18-14-8-3-4-9-15(14)21-11-13-7-5-6-10-20-13/h3-4,8-9,12-13H,5-7,10-11H2,1-2H3,(H2,17,18,19). The molecule has 0 saturated carbocycles. The molecule has 1 aromatic rings. The Balaban J connectivity index is 1.91. The third-order valence-electron chi connectivity index (χ3n) is 3.25. The predicted octanol–water partition coefficient (Wildman–Crippen LogP) is 3.16. The van der Waals surface area contributed by atoms with E-state index < -0.39 is 0 Å². The molecular weight excluding hydrogens is 268 g/mol. The van der Waals surface area contributed by atoms with Gasteiger partial charge in [-0.25, -0.2) is 4.79 Å². The van der Waals surface area contributed by atoms with Gasteiger partial charge in [-0.1, -0.05) is 12.1 Å². The van der Waals surface area contributed by atoms with E-state index >= 15 is 0 Å². The highest BCUT2D eigenvalue weighted by atomic mass is 16.5. The fourth-order valence-electron chi connectivity index (χ4n) is 2.24. The van der Waals surface area contributed by atoms with Crippen LogP contribution in [0.25, 0.3) is 0 Å². The summed E-state index contributed by atoms with van der Waals surface area (Å²) >= 11 is 0. The minimum absolute atomic E-state index is 0.0914. The van der Waals surface area contributed by atoms with E-state index in [1.165, 1.54) is 6.42 Å². The molecule has 2 N–H and O–H groups in total. The van der Waals surface area contributed by atoms with Gasteiger partial charge in [-0.2, -0.15) is 0 Å². The van der Waals surface area contributed by atoms with Crippen molar-refractivity contribution >= 4 is 11.7 Å². The maximum Gasteiger partial charge on any atom is 0.319 e. The van der Waals surface area contributed by atoms with Crippen molar-refractivity contribution in [3.05, 3.63) is 24.3 Å². The van der Waals surface area contributed by atoms with Gasteiger partial charge in [0.05, 0.1) is 11.8 Å². The van der Waals surface area contributed by atoms with E-state index in [1.54, 1.807) is 0 Å². The zero-order valence-corrected chi connectivity index (χ0v) is 12.7. The maximum atomic E-state index is 11.8. The van der Waals surface area contributed by atoms with Crippen molar-refractivity contribution < 1.29 is 14.3 Å². The molecule has 5 heteroatoms. The van der Waals surface area contributed by atoms with Crippen LogP contribution in [0, 0.1) is 0 Å². The highest BCUT2D eigenvalue weighted by Gasteiger charge is 2.15. The Kier molecular flexibility index (Phi) is 5.87. The van der Waals surface area contributed by atoms with Gasteiger partial charge in [-0.3, -0.25) is 0 Å². The molecular formula is C16H24N2O3. The van der Waals surface area contributed by atoms with Crippen LogP contribution in [0.2, 0.25) is 0 Å². The Labute approximate surface area is 126 Å². The van der Waals surface area contributed by atoms with Crippen molar-refractivity contribution in [2.75, 3.05) is 18.5 Å². The second kappa shape index (κ2) is 7.88. The van der Waals surface area contributed by atoms with E-state index in [0.29, 0.717) is 18.0 Å². The number of ether oxygens (including phenoxy) is 2. The molecule has 1 aliphatic heterocycles. The van der Waals surface area contributed by atoms with Gasteiger partial charge in [-0.05, 0) is 45.2 Å². The lowest BCUT2D eigenvalue weighted by molar-refractivity contribution is -0.0109. The van der Waals surface area contributed by atoms with Gasteiger partial charge in [0.25, 0.3) is 0 Å². The summed E-state index contributed by atoms with van der Waals surface area (Å²) in [6.45, 7) is 5.17. The van der Waals surface area contributed by atoms with Crippen LogP contribution in [0.4, 0.5) is 10.5 Å². The Bertz CT molecular complexity index is 457. The Hall–Kier alpha value is -1.75. The summed E-state index contributed by atoms with van der Waals surface area (Å²) in [5, 5.41) is 5.61. The number of carbonyl (C=O) groups excluding carboxylic acids is 1. The van der Waals surface area contributed by atoms with Crippen molar-refractivity contribution in [1.29, 1.82) is 0 Å². The summed E-state index contributed by atoms with van der Waals surface area (Å²) < 4.78 is 11.5. The maximum absolute atomic E-state index is 11.8. The molecule has 1 aliphatic rings. The first-order chi connectivity index (χ1) is 10.1. The summed E-state index contributed by atoms with van der Waals surface area (Å²) in [4.78, 5) is 11.8. The number of urea groups is 1. The molecule has 1 unspecified atom stereocenters. The third kappa shape index (κ3) is 5.27. The fraction of sp³-hybridized carbons (Fsp3) is 0.562. The number of hydrogen-bond donors (Lipinski definition) is 2. The molecule has 1 heterocycles. The van der Waals surface area contributed by atoms with Crippen molar-refractivity contribution in [3.63, 3.8) is 0 Å². The molecule has 0 aliphatic carbocycles. The second-order valence-corrected chi connectivity index (χ2v) is 5.55. The van der Waals surface area contributed by atoms with Crippen LogP contribution in [0.3, 0.4) is 0 Å². The molecule has 0 radical (unpaired) electrons. The van der Waals surface area contributed by atoms with Gasteiger partial charge >= 0.3 is 6.03 Å². The lowest BCUT2D eigenvalue weighted by atomic mass is 10.1. The Morgan fingerprint density at radius 1 is 1.38 bits per heavy atom. The van der Waals surface area contributed by atoms with Crippen LogP contribution in [-0.4, -0.2) is 31.4 Å². The molecule has 1 aromatic carbocycles. The average molecular weight is 292 g/mol. The van der Waals surface area contributed by atoms with Crippen molar-refractivity contribution in [3.8, 4) is 5.75 Å². The zero-order valence-electron chi connectivity index (χ0n) is 12.7. The van der Waals surface area contributed by atoms with E-state index in [1.807, 2.05) is 38.1 Å². The number of benzene rings is 1. The molecule has 1 saturated heterocycles. The van der Waals surface area contributed by atoms with Gasteiger partial charge < -0.3 is 20.1 Å². The largest absolute Gasteiger partial charge is 0.489 e. The van der Waals surface area contributed by atoms with Gasteiger partial charge in [0.15, 0.2) is 0 Å². The molecule has 5 nitrogen and oxygen atoms in total. The van der Waals surface area contributed by atoms with Crippen LogP contribution in [0.1, 0.15) is 33.1 Å². The molecule has 116 valence electrons. The van der Waals surface area contributed by atoms with Crippen molar-refractivity contribution in [2.45, 2.75) is 45.3 Å². The summed E-state index contributed by atoms with van der Waals surface area (Å²) in [5.41, 5.74) is 0.673. The Morgan fingerprint density at radius 3 is 2.90 bits per heavy atom. The number of carbonyl (C=O) groups is 1. The Morgan fingerprint density at radius 2 is 2.19 bits per heavy atom. The van der Waals surface area contributed by atoms with Gasteiger partial charge in [0.2, 0.25) is 0 Å². The lowest BCUT2D eigenvalue weighted by Crippen LogP contribution is -2.34. The number of para-hydroxylation sites is 2. The normalized spacial score (nSPS) is 18.3. The quantitative estimate of drug-likeness (QED) is 0.876. The van der Waals surface area contributed by atoms with Crippen LogP contribution in [-0.2, 0) is 4.74 Å². The first-order valence-electron chi connectivity index (χ1n) is 7.56. The molecule has 1 fully saturated rings. The first-order valence-corrected chi connectivity index (χ1v) is 7.56. The summed E-state index contributed by atoms with van der Waals surface area (Å²) in [6, 6.07) is 7.31. The number of nitrogens with one attached hydrogen (secondary N) is 2. The van der Waals surface area contributed by atoms with Crippen LogP contribution >= 0.6 is 0 Å². The molecule has 1 atom stereocenters. The second-order valence-electron chi connectivity index (χ2n) is 5.55. The van der Waals surface area contributed by atoms with E-state index in [9.17, 15) is 4.79 Å². The van der Waals surface area contributed by atoms with Gasteiger partial charge in [0, 0.05) is 12.6 Å². The highest BCUT2D eigenvalue weighted by Crippen LogP contribution is 2.24. The third-order valence-corrected chi connectivity index (χ3v) is 3.25. The number of amides is 2. The van der Waals surface area contributed by atoms with Gasteiger partial charge in [0.1, 0.15) is 12.4 Å². The molecule has 2 rings (SSSR count). The van der Waals surface area contributed by atoms with Gasteiger partial charge in [-0.15, -0.1) is 0 Å². The topological polar surface area (TPSA) is 59.6 Å². The van der Waals surface area contributed by atoms with Crippen LogP contribution in [0.5, 0.6) is 5.75 Å². The molecule has 21 heavy (non-hydrogen) atoms. The smallest absolute Gasteiger partial charge is 0.319 e. The lowest BCUT2D eigenvalue weighted by Gasteiger charge is -2.23. The van der Waals surface area contributed by atoms with E-state index in [-0.39, 0.29) is 18.2 Å². The number of anilines is 1. The van der Waals surface area contributed by atoms with Crippen LogP contribution < -0.4 is 15.4 Å². The number of hydrogen-bond acceptors (Lipinski definition) is 3. The zero-order chi connectivity index (χ0) is 15.1. The van der Waals surface area contributed by atoms with Crippen molar-refractivity contribution in [2.24, 2.45) is 0 Å². The molecule has 2 amide bonds. The van der Waals surface area contributed by atoms with E-state index in [2.05, 4.69) is 10.6 Å². The van der Waals surface area contributed by atoms with Crippen molar-refractivity contribution in [1.82, 2.24) is 5.32 Å². The molecule has 0 aromatic heterocycles. The monoisotopic (exact) mass is 292 g/mol. The van der Waals surface area contributed by atoms with E-state index in [4.69, 9.17) is 9.47 Å².